The molecule has 8 heteroatoms. The normalized spacial score (nSPS) is 11.0. The van der Waals surface area contributed by atoms with E-state index in [2.05, 4.69) is 5.32 Å². The van der Waals surface area contributed by atoms with Crippen LogP contribution in [0.2, 0.25) is 0 Å². The van der Waals surface area contributed by atoms with Gasteiger partial charge in [0.1, 0.15) is 0 Å². The summed E-state index contributed by atoms with van der Waals surface area (Å²) in [4.78, 5) is 24.6. The molecule has 3 aromatic rings. The van der Waals surface area contributed by atoms with Crippen molar-refractivity contribution in [3.8, 4) is 0 Å². The molecule has 0 aromatic heterocycles. The van der Waals surface area contributed by atoms with Crippen LogP contribution < -0.4 is 9.62 Å². The van der Waals surface area contributed by atoms with E-state index >= 15 is 0 Å². The SMILES string of the molecule is CCOC(=O)c1cccc(NC(=O)c2ccc(N(Cc3ccc(C)cc3)S(C)(=O)=O)cc2)c1. The number of hydrogen-bond acceptors (Lipinski definition) is 5. The van der Waals surface area contributed by atoms with E-state index in [0.29, 0.717) is 22.5 Å². The van der Waals surface area contributed by atoms with Gasteiger partial charge < -0.3 is 10.1 Å². The molecule has 0 heterocycles. The first-order chi connectivity index (χ1) is 15.7. The first-order valence-corrected chi connectivity index (χ1v) is 12.2. The predicted octanol–water partition coefficient (Wildman–Crippen LogP) is 4.39. The number of carbonyl (C=O) groups excluding carboxylic acids is 2. The quantitative estimate of drug-likeness (QED) is 0.497. The second-order valence-corrected chi connectivity index (χ2v) is 9.46. The van der Waals surface area contributed by atoms with Crippen molar-refractivity contribution < 1.29 is 22.7 Å². The van der Waals surface area contributed by atoms with Crippen LogP contribution in [0.3, 0.4) is 0 Å². The van der Waals surface area contributed by atoms with Gasteiger partial charge in [0.05, 0.1) is 30.7 Å². The molecule has 0 bridgehead atoms. The Labute approximate surface area is 194 Å². The van der Waals surface area contributed by atoms with E-state index < -0.39 is 16.0 Å². The molecule has 7 nitrogen and oxygen atoms in total. The van der Waals surface area contributed by atoms with E-state index in [4.69, 9.17) is 4.74 Å². The van der Waals surface area contributed by atoms with Crippen LogP contribution in [0, 0.1) is 6.92 Å². The molecule has 0 aliphatic carbocycles. The number of anilines is 2. The Morgan fingerprint density at radius 3 is 2.21 bits per heavy atom. The molecule has 3 rings (SSSR count). The van der Waals surface area contributed by atoms with Gasteiger partial charge in [-0.25, -0.2) is 13.2 Å². The number of benzene rings is 3. The number of nitrogens with zero attached hydrogens (tertiary/aromatic N) is 1. The minimum absolute atomic E-state index is 0.186. The minimum Gasteiger partial charge on any atom is -0.462 e. The third-order valence-electron chi connectivity index (χ3n) is 4.90. The predicted molar refractivity (Wildman–Crippen MR) is 129 cm³/mol. The van der Waals surface area contributed by atoms with Crippen molar-refractivity contribution in [1.29, 1.82) is 0 Å². The van der Waals surface area contributed by atoms with Crippen LogP contribution in [0.1, 0.15) is 38.8 Å². The van der Waals surface area contributed by atoms with Crippen molar-refractivity contribution in [2.24, 2.45) is 0 Å². The second kappa shape index (κ2) is 10.3. The summed E-state index contributed by atoms with van der Waals surface area (Å²) in [6.07, 6.45) is 1.15. The Morgan fingerprint density at radius 2 is 1.61 bits per heavy atom. The molecule has 0 atom stereocenters. The van der Waals surface area contributed by atoms with E-state index in [1.54, 1.807) is 49.4 Å². The second-order valence-electron chi connectivity index (χ2n) is 7.56. The molecule has 0 unspecified atom stereocenters. The smallest absolute Gasteiger partial charge is 0.338 e. The van der Waals surface area contributed by atoms with Crippen molar-refractivity contribution in [2.45, 2.75) is 20.4 Å². The Morgan fingerprint density at radius 1 is 0.939 bits per heavy atom. The van der Waals surface area contributed by atoms with Crippen LogP contribution in [-0.4, -0.2) is 33.2 Å². The van der Waals surface area contributed by atoms with Gasteiger partial charge >= 0.3 is 5.97 Å². The maximum atomic E-state index is 12.7. The fourth-order valence-electron chi connectivity index (χ4n) is 3.18. The summed E-state index contributed by atoms with van der Waals surface area (Å²) in [6, 6.07) is 20.4. The Balaban J connectivity index is 1.76. The minimum atomic E-state index is -3.54. The summed E-state index contributed by atoms with van der Waals surface area (Å²) < 4.78 is 31.1. The molecule has 0 aliphatic heterocycles. The van der Waals surface area contributed by atoms with E-state index in [1.165, 1.54) is 10.4 Å². The fraction of sp³-hybridized carbons (Fsp3) is 0.200. The molecule has 1 N–H and O–H groups in total. The van der Waals surface area contributed by atoms with Gasteiger partial charge in [-0.05, 0) is 61.9 Å². The molecule has 3 aromatic carbocycles. The first-order valence-electron chi connectivity index (χ1n) is 10.4. The highest BCUT2D eigenvalue weighted by Crippen LogP contribution is 2.22. The van der Waals surface area contributed by atoms with Crippen molar-refractivity contribution >= 4 is 33.3 Å². The molecule has 0 aliphatic rings. The van der Waals surface area contributed by atoms with Gasteiger partial charge in [0, 0.05) is 11.3 Å². The number of sulfonamides is 1. The maximum absolute atomic E-state index is 12.7. The molecular weight excluding hydrogens is 440 g/mol. The largest absolute Gasteiger partial charge is 0.462 e. The number of ether oxygens (including phenoxy) is 1. The van der Waals surface area contributed by atoms with Gasteiger partial charge in [0.25, 0.3) is 5.91 Å². The zero-order valence-corrected chi connectivity index (χ0v) is 19.6. The lowest BCUT2D eigenvalue weighted by molar-refractivity contribution is 0.0526. The number of rotatable bonds is 8. The molecule has 0 saturated carbocycles. The number of aryl methyl sites for hydroxylation is 1. The van der Waals surface area contributed by atoms with E-state index in [0.717, 1.165) is 17.4 Å². The summed E-state index contributed by atoms with van der Waals surface area (Å²) in [6.45, 7) is 4.13. The van der Waals surface area contributed by atoms with Crippen molar-refractivity contribution in [3.05, 3.63) is 95.1 Å². The molecule has 0 saturated heterocycles. The number of carbonyl (C=O) groups is 2. The lowest BCUT2D eigenvalue weighted by Gasteiger charge is -2.23. The van der Waals surface area contributed by atoms with Crippen LogP contribution in [0.5, 0.6) is 0 Å². The van der Waals surface area contributed by atoms with Crippen molar-refractivity contribution in [2.75, 3.05) is 22.5 Å². The van der Waals surface area contributed by atoms with Crippen LogP contribution in [0.4, 0.5) is 11.4 Å². The molecule has 1 amide bonds. The highest BCUT2D eigenvalue weighted by molar-refractivity contribution is 7.92. The van der Waals surface area contributed by atoms with Crippen LogP contribution in [0.25, 0.3) is 0 Å². The number of nitrogens with one attached hydrogen (secondary N) is 1. The van der Waals surface area contributed by atoms with Gasteiger partial charge in [-0.1, -0.05) is 35.9 Å². The third kappa shape index (κ3) is 6.43. The molecule has 0 fully saturated rings. The van der Waals surface area contributed by atoms with Crippen LogP contribution >= 0.6 is 0 Å². The Bertz CT molecular complexity index is 1240. The van der Waals surface area contributed by atoms with Gasteiger partial charge in [0.2, 0.25) is 10.0 Å². The Hall–Kier alpha value is -3.65. The van der Waals surface area contributed by atoms with Gasteiger partial charge in [-0.3, -0.25) is 9.10 Å². The zero-order valence-electron chi connectivity index (χ0n) is 18.7. The summed E-state index contributed by atoms with van der Waals surface area (Å²) in [5.41, 5.74) is 3.54. The average Bonchev–Trinajstić information content (AvgIpc) is 2.78. The molecular formula is C25H26N2O5S. The fourth-order valence-corrected chi connectivity index (χ4v) is 4.07. The summed E-state index contributed by atoms with van der Waals surface area (Å²) >= 11 is 0. The van der Waals surface area contributed by atoms with Gasteiger partial charge in [0.15, 0.2) is 0 Å². The van der Waals surface area contributed by atoms with Crippen LogP contribution in [0.15, 0.2) is 72.8 Å². The summed E-state index contributed by atoms with van der Waals surface area (Å²) in [5, 5.41) is 2.74. The van der Waals surface area contributed by atoms with Crippen molar-refractivity contribution in [1.82, 2.24) is 0 Å². The summed E-state index contributed by atoms with van der Waals surface area (Å²) in [7, 11) is -3.54. The number of esters is 1. The maximum Gasteiger partial charge on any atom is 0.338 e. The third-order valence-corrected chi connectivity index (χ3v) is 6.04. The molecule has 0 radical (unpaired) electrons. The number of hydrogen-bond donors (Lipinski definition) is 1. The van der Waals surface area contributed by atoms with Crippen LogP contribution in [-0.2, 0) is 21.3 Å². The van der Waals surface area contributed by atoms with Gasteiger partial charge in [-0.2, -0.15) is 0 Å². The zero-order chi connectivity index (χ0) is 24.0. The van der Waals surface area contributed by atoms with Crippen molar-refractivity contribution in [3.63, 3.8) is 0 Å². The summed E-state index contributed by atoms with van der Waals surface area (Å²) in [5.74, 6) is -0.848. The number of amides is 1. The highest BCUT2D eigenvalue weighted by atomic mass is 32.2. The molecule has 33 heavy (non-hydrogen) atoms. The average molecular weight is 467 g/mol. The standard InChI is InChI=1S/C25H26N2O5S/c1-4-32-25(29)21-6-5-7-22(16-21)26-24(28)20-12-14-23(15-13-20)27(33(3,30)31)17-19-10-8-18(2)9-11-19/h5-16H,4,17H2,1-3H3,(H,26,28). The van der Waals surface area contributed by atoms with E-state index in [-0.39, 0.29) is 19.1 Å². The van der Waals surface area contributed by atoms with E-state index in [1.807, 2.05) is 31.2 Å². The Kier molecular flexibility index (Phi) is 7.50. The lowest BCUT2D eigenvalue weighted by atomic mass is 10.1. The monoisotopic (exact) mass is 466 g/mol. The first kappa shape index (κ1) is 24.0. The lowest BCUT2D eigenvalue weighted by Crippen LogP contribution is -2.29. The van der Waals surface area contributed by atoms with E-state index in [9.17, 15) is 18.0 Å². The highest BCUT2D eigenvalue weighted by Gasteiger charge is 2.18. The van der Waals surface area contributed by atoms with Gasteiger partial charge in [-0.15, -0.1) is 0 Å². The molecule has 0 spiro atoms. The topological polar surface area (TPSA) is 92.8 Å². The molecule has 172 valence electrons.